The van der Waals surface area contributed by atoms with Crippen molar-refractivity contribution in [1.29, 1.82) is 0 Å². The van der Waals surface area contributed by atoms with Crippen molar-refractivity contribution in [2.24, 2.45) is 0 Å². The van der Waals surface area contributed by atoms with Gasteiger partial charge < -0.3 is 4.74 Å². The Hall–Kier alpha value is -2.31. The molecule has 0 bridgehead atoms. The van der Waals surface area contributed by atoms with Gasteiger partial charge in [0.2, 0.25) is 0 Å². The molecule has 4 nitrogen and oxygen atoms in total. The van der Waals surface area contributed by atoms with E-state index in [9.17, 15) is 22.8 Å². The Kier molecular flexibility index (Phi) is 5.52. The fraction of sp³-hybridized carbons (Fsp3) is 0.286. The van der Waals surface area contributed by atoms with Crippen molar-refractivity contribution in [2.45, 2.75) is 20.1 Å². The van der Waals surface area contributed by atoms with Crippen LogP contribution in [-0.2, 0) is 14.3 Å². The highest BCUT2D eigenvalue weighted by Crippen LogP contribution is 2.30. The zero-order valence-electron chi connectivity index (χ0n) is 11.5. The van der Waals surface area contributed by atoms with Gasteiger partial charge in [0.1, 0.15) is 5.57 Å². The summed E-state index contributed by atoms with van der Waals surface area (Å²) < 4.78 is 44.2. The molecule has 114 valence electrons. The first kappa shape index (κ1) is 16.7. The minimum absolute atomic E-state index is 0.126. The van der Waals surface area contributed by atoms with Crippen molar-refractivity contribution in [3.63, 3.8) is 0 Å². The predicted octanol–water partition coefficient (Wildman–Crippen LogP) is 3.05. The molecule has 1 rings (SSSR count). The number of hydrogen-bond acceptors (Lipinski definition) is 3. The highest BCUT2D eigenvalue weighted by Gasteiger charge is 2.44. The van der Waals surface area contributed by atoms with E-state index in [2.05, 4.69) is 0 Å². The van der Waals surface area contributed by atoms with Crippen LogP contribution < -0.4 is 4.90 Å². The summed E-state index contributed by atoms with van der Waals surface area (Å²) in [7, 11) is 0. The van der Waals surface area contributed by atoms with Gasteiger partial charge in [-0.3, -0.25) is 9.59 Å². The van der Waals surface area contributed by atoms with Crippen LogP contribution in [-0.4, -0.2) is 24.6 Å². The number of halogens is 3. The van der Waals surface area contributed by atoms with Crippen molar-refractivity contribution in [3.8, 4) is 0 Å². The van der Waals surface area contributed by atoms with Crippen molar-refractivity contribution in [2.75, 3.05) is 11.5 Å². The lowest BCUT2D eigenvalue weighted by Crippen LogP contribution is -2.44. The van der Waals surface area contributed by atoms with Gasteiger partial charge in [0.25, 0.3) is 5.91 Å². The second-order valence-electron chi connectivity index (χ2n) is 3.99. The largest absolute Gasteiger partial charge is 0.501 e. The molecule has 0 spiro atoms. The quantitative estimate of drug-likeness (QED) is 0.276. The van der Waals surface area contributed by atoms with Crippen LogP contribution in [0.25, 0.3) is 0 Å². The monoisotopic (exact) mass is 301 g/mol. The van der Waals surface area contributed by atoms with E-state index in [0.717, 1.165) is 25.3 Å². The molecule has 0 atom stereocenters. The number of rotatable bonds is 5. The van der Waals surface area contributed by atoms with Crippen LogP contribution in [0.1, 0.15) is 13.8 Å². The van der Waals surface area contributed by atoms with E-state index >= 15 is 0 Å². The van der Waals surface area contributed by atoms with Crippen molar-refractivity contribution in [1.82, 2.24) is 0 Å². The van der Waals surface area contributed by atoms with Crippen LogP contribution >= 0.6 is 0 Å². The highest BCUT2D eigenvalue weighted by molar-refractivity contribution is 6.23. The molecule has 7 heteroatoms. The van der Waals surface area contributed by atoms with Crippen LogP contribution in [0.3, 0.4) is 0 Å². The summed E-state index contributed by atoms with van der Waals surface area (Å²) in [6.07, 6.45) is -4.20. The predicted molar refractivity (Wildman–Crippen MR) is 70.4 cm³/mol. The number of benzene rings is 1. The van der Waals surface area contributed by atoms with Gasteiger partial charge in [-0.15, -0.1) is 13.2 Å². The molecule has 0 saturated heterocycles. The molecule has 0 heterocycles. The highest BCUT2D eigenvalue weighted by atomic mass is 19.4. The number of amides is 1. The number of Topliss-reactive ketones (excluding diaryl/α,β-unsaturated/α-hetero) is 1. The number of anilines is 1. The lowest BCUT2D eigenvalue weighted by Gasteiger charge is -2.25. The van der Waals surface area contributed by atoms with Gasteiger partial charge in [-0.25, -0.2) is 4.90 Å². The maximum Gasteiger partial charge on any atom is 0.491 e. The number of carbonyl (C=O) groups is 2. The minimum atomic E-state index is -4.96. The SMILES string of the molecule is CCOC=C(C(C)=O)C(=O)N(c1ccccc1)C(F)(F)F. The first-order valence-corrected chi connectivity index (χ1v) is 6.08. The topological polar surface area (TPSA) is 46.6 Å². The standard InChI is InChI=1S/C14H14F3NO3/c1-3-21-9-12(10(2)19)13(20)18(14(15,16)17)11-7-5-4-6-8-11/h4-9H,3H2,1-2H3. The Morgan fingerprint density at radius 3 is 2.24 bits per heavy atom. The molecule has 0 unspecified atom stereocenters. The first-order valence-electron chi connectivity index (χ1n) is 6.08. The summed E-state index contributed by atoms with van der Waals surface area (Å²) in [6.45, 7) is 2.71. The molecule has 0 N–H and O–H groups in total. The Morgan fingerprint density at radius 1 is 1.24 bits per heavy atom. The number of alkyl halides is 3. The maximum atomic E-state index is 13.1. The molecule has 0 aliphatic carbocycles. The van der Waals surface area contributed by atoms with Gasteiger partial charge in [-0.05, 0) is 26.0 Å². The van der Waals surface area contributed by atoms with Crippen LogP contribution in [0.15, 0.2) is 42.2 Å². The molecule has 0 radical (unpaired) electrons. The number of carbonyl (C=O) groups excluding carboxylic acids is 2. The zero-order valence-corrected chi connectivity index (χ0v) is 11.5. The number of ketones is 1. The summed E-state index contributed by atoms with van der Waals surface area (Å²) >= 11 is 0. The van der Waals surface area contributed by atoms with Crippen LogP contribution in [0, 0.1) is 0 Å². The Labute approximate surface area is 119 Å². The van der Waals surface area contributed by atoms with E-state index < -0.39 is 23.6 Å². The first-order chi connectivity index (χ1) is 9.79. The third-order valence-corrected chi connectivity index (χ3v) is 2.45. The van der Waals surface area contributed by atoms with Crippen LogP contribution in [0.4, 0.5) is 18.9 Å². The van der Waals surface area contributed by atoms with E-state index in [-0.39, 0.29) is 17.2 Å². The van der Waals surface area contributed by atoms with E-state index in [4.69, 9.17) is 4.74 Å². The average Bonchev–Trinajstić information content (AvgIpc) is 2.38. The molecule has 21 heavy (non-hydrogen) atoms. The minimum Gasteiger partial charge on any atom is -0.501 e. The zero-order chi connectivity index (χ0) is 16.0. The normalized spacial score (nSPS) is 12.0. The van der Waals surface area contributed by atoms with Crippen LogP contribution in [0.2, 0.25) is 0 Å². The molecular weight excluding hydrogens is 287 g/mol. The van der Waals surface area contributed by atoms with Gasteiger partial charge >= 0.3 is 6.30 Å². The molecular formula is C14H14F3NO3. The van der Waals surface area contributed by atoms with Gasteiger partial charge in [0, 0.05) is 0 Å². The lowest BCUT2D eigenvalue weighted by atomic mass is 10.1. The van der Waals surface area contributed by atoms with Crippen molar-refractivity contribution in [3.05, 3.63) is 42.2 Å². The maximum absolute atomic E-state index is 13.1. The van der Waals surface area contributed by atoms with E-state index in [0.29, 0.717) is 0 Å². The molecule has 1 amide bonds. The summed E-state index contributed by atoms with van der Waals surface area (Å²) in [5.41, 5.74) is -1.04. The second kappa shape index (κ2) is 6.92. The van der Waals surface area contributed by atoms with Gasteiger partial charge in [-0.1, -0.05) is 18.2 Å². The van der Waals surface area contributed by atoms with Gasteiger partial charge in [0.15, 0.2) is 5.78 Å². The van der Waals surface area contributed by atoms with Crippen molar-refractivity contribution >= 4 is 17.4 Å². The Morgan fingerprint density at radius 2 is 1.81 bits per heavy atom. The third kappa shape index (κ3) is 4.34. The molecule has 0 aliphatic rings. The summed E-state index contributed by atoms with van der Waals surface area (Å²) in [5.74, 6) is -2.28. The number of nitrogens with zero attached hydrogens (tertiary/aromatic N) is 1. The fourth-order valence-corrected chi connectivity index (χ4v) is 1.53. The van der Waals surface area contributed by atoms with E-state index in [1.165, 1.54) is 18.2 Å². The molecule has 0 fully saturated rings. The molecule has 1 aromatic rings. The van der Waals surface area contributed by atoms with E-state index in [1.807, 2.05) is 0 Å². The Balaban J connectivity index is 3.27. The van der Waals surface area contributed by atoms with Crippen molar-refractivity contribution < 1.29 is 27.5 Å². The second-order valence-corrected chi connectivity index (χ2v) is 3.99. The van der Waals surface area contributed by atoms with Gasteiger partial charge in [-0.2, -0.15) is 0 Å². The average molecular weight is 301 g/mol. The molecule has 0 aliphatic heterocycles. The number of hydrogen-bond donors (Lipinski definition) is 0. The van der Waals surface area contributed by atoms with Gasteiger partial charge in [0.05, 0.1) is 18.6 Å². The Bertz CT molecular complexity index is 538. The molecule has 1 aromatic carbocycles. The smallest absolute Gasteiger partial charge is 0.491 e. The summed E-state index contributed by atoms with van der Waals surface area (Å²) in [5, 5.41) is 0. The molecule has 0 aromatic heterocycles. The number of para-hydroxylation sites is 1. The van der Waals surface area contributed by atoms with E-state index in [1.54, 1.807) is 6.92 Å². The summed E-state index contributed by atoms with van der Waals surface area (Å²) in [6, 6.07) is 6.50. The summed E-state index contributed by atoms with van der Waals surface area (Å²) in [4.78, 5) is 23.1. The number of ether oxygens (including phenoxy) is 1. The third-order valence-electron chi connectivity index (χ3n) is 2.45. The fourth-order valence-electron chi connectivity index (χ4n) is 1.53. The molecule has 0 saturated carbocycles. The van der Waals surface area contributed by atoms with Crippen LogP contribution in [0.5, 0.6) is 0 Å². The lowest BCUT2D eigenvalue weighted by molar-refractivity contribution is -0.147.